The van der Waals surface area contributed by atoms with Gasteiger partial charge in [-0.2, -0.15) is 0 Å². The van der Waals surface area contributed by atoms with Crippen LogP contribution in [0.3, 0.4) is 0 Å². The van der Waals surface area contributed by atoms with Crippen molar-refractivity contribution in [3.8, 4) is 0 Å². The largest absolute Gasteiger partial charge is 0.365 e. The van der Waals surface area contributed by atoms with Gasteiger partial charge < -0.3 is 5.32 Å². The van der Waals surface area contributed by atoms with Crippen molar-refractivity contribution in [1.82, 2.24) is 19.9 Å². The topological polar surface area (TPSA) is 46.0 Å². The molecule has 3 rings (SSSR count). The number of likely N-dealkylation sites (tertiary alicyclic amines) is 1. The van der Waals surface area contributed by atoms with Gasteiger partial charge in [-0.3, -0.25) is 4.90 Å². The monoisotopic (exact) mass is 235 g/mol. The molecule has 17 heavy (non-hydrogen) atoms. The smallest absolute Gasteiger partial charge is 0.145 e. The van der Waals surface area contributed by atoms with E-state index in [-0.39, 0.29) is 0 Å². The summed E-state index contributed by atoms with van der Waals surface area (Å²) in [6.07, 6.45) is 6.99. The van der Waals surface area contributed by atoms with Crippen molar-refractivity contribution >= 4 is 5.82 Å². The fourth-order valence-electron chi connectivity index (χ4n) is 2.63. The van der Waals surface area contributed by atoms with Gasteiger partial charge in [-0.05, 0) is 25.7 Å². The third-order valence-corrected chi connectivity index (χ3v) is 3.69. The van der Waals surface area contributed by atoms with Crippen LogP contribution in [0.5, 0.6) is 0 Å². The minimum absolute atomic E-state index is 0.574. The van der Waals surface area contributed by atoms with Gasteiger partial charge in [0.1, 0.15) is 5.82 Å². The second-order valence-corrected chi connectivity index (χ2v) is 5.20. The first kappa shape index (κ1) is 11.0. The zero-order chi connectivity index (χ0) is 11.7. The molecule has 1 unspecified atom stereocenters. The number of aryl methyl sites for hydroxylation is 1. The number of aromatic nitrogens is 3. The van der Waals surface area contributed by atoms with Crippen LogP contribution in [0.1, 0.15) is 32.6 Å². The van der Waals surface area contributed by atoms with Gasteiger partial charge in [0.25, 0.3) is 0 Å². The minimum atomic E-state index is 0.574. The molecule has 1 aliphatic heterocycles. The number of nitrogens with one attached hydrogen (secondary N) is 1. The molecule has 0 amide bonds. The van der Waals surface area contributed by atoms with Crippen molar-refractivity contribution < 1.29 is 0 Å². The van der Waals surface area contributed by atoms with E-state index in [0.717, 1.165) is 24.8 Å². The quantitative estimate of drug-likeness (QED) is 0.836. The first-order chi connectivity index (χ1) is 8.36. The van der Waals surface area contributed by atoms with Crippen molar-refractivity contribution in [2.75, 3.05) is 18.4 Å². The average molecular weight is 235 g/mol. The van der Waals surface area contributed by atoms with Crippen LogP contribution in [0.2, 0.25) is 0 Å². The molecule has 1 aliphatic carbocycles. The second kappa shape index (κ2) is 4.64. The summed E-state index contributed by atoms with van der Waals surface area (Å²) in [6, 6.07) is 1.46. The summed E-state index contributed by atoms with van der Waals surface area (Å²) >= 11 is 0. The summed E-state index contributed by atoms with van der Waals surface area (Å²) in [5.74, 6) is 1.08. The van der Waals surface area contributed by atoms with Crippen LogP contribution >= 0.6 is 0 Å². The molecule has 1 saturated heterocycles. The highest BCUT2D eigenvalue weighted by Gasteiger charge is 2.34. The molecule has 5 nitrogen and oxygen atoms in total. The highest BCUT2D eigenvalue weighted by atomic mass is 15.5. The van der Waals surface area contributed by atoms with Crippen molar-refractivity contribution in [2.24, 2.45) is 0 Å². The molecule has 0 bridgehead atoms. The van der Waals surface area contributed by atoms with E-state index in [2.05, 4.69) is 27.5 Å². The molecule has 1 saturated carbocycles. The lowest BCUT2D eigenvalue weighted by Crippen LogP contribution is -2.28. The summed E-state index contributed by atoms with van der Waals surface area (Å²) in [5, 5.41) is 11.7. The van der Waals surface area contributed by atoms with Gasteiger partial charge in [0, 0.05) is 31.7 Å². The standard InChI is InChI=1S/C12H21N5/c1-2-6-17-12(8-13-15-17)14-10-5-7-16(9-10)11-3-4-11/h8,10-11,14H,2-7,9H2,1H3. The van der Waals surface area contributed by atoms with E-state index in [1.165, 1.54) is 32.4 Å². The highest BCUT2D eigenvalue weighted by molar-refractivity contribution is 5.33. The van der Waals surface area contributed by atoms with Gasteiger partial charge in [-0.15, -0.1) is 5.10 Å². The Bertz CT molecular complexity index is 371. The summed E-state index contributed by atoms with van der Waals surface area (Å²) in [6.45, 7) is 5.54. The Morgan fingerprint density at radius 1 is 1.41 bits per heavy atom. The number of rotatable bonds is 5. The molecule has 94 valence electrons. The van der Waals surface area contributed by atoms with Gasteiger partial charge in [-0.1, -0.05) is 12.1 Å². The molecule has 1 aromatic heterocycles. The van der Waals surface area contributed by atoms with Crippen LogP contribution in [-0.4, -0.2) is 45.1 Å². The molecule has 1 atom stereocenters. The lowest BCUT2D eigenvalue weighted by molar-refractivity contribution is 0.326. The number of anilines is 1. The Hall–Kier alpha value is -1.10. The third kappa shape index (κ3) is 2.44. The Balaban J connectivity index is 1.57. The maximum atomic E-state index is 4.11. The van der Waals surface area contributed by atoms with Gasteiger partial charge in [0.05, 0.1) is 6.20 Å². The average Bonchev–Trinajstić information content (AvgIpc) is 2.93. The summed E-state index contributed by atoms with van der Waals surface area (Å²) < 4.78 is 1.97. The predicted octanol–water partition coefficient (Wildman–Crippen LogP) is 1.34. The first-order valence-corrected chi connectivity index (χ1v) is 6.76. The Morgan fingerprint density at radius 3 is 3.06 bits per heavy atom. The van der Waals surface area contributed by atoms with Gasteiger partial charge in [-0.25, -0.2) is 4.68 Å². The maximum Gasteiger partial charge on any atom is 0.145 e. The van der Waals surface area contributed by atoms with E-state index in [0.29, 0.717) is 6.04 Å². The fraction of sp³-hybridized carbons (Fsp3) is 0.833. The van der Waals surface area contributed by atoms with E-state index in [1.807, 2.05) is 10.9 Å². The zero-order valence-corrected chi connectivity index (χ0v) is 10.5. The summed E-state index contributed by atoms with van der Waals surface area (Å²) in [7, 11) is 0. The molecule has 2 fully saturated rings. The molecule has 2 aliphatic rings. The second-order valence-electron chi connectivity index (χ2n) is 5.20. The molecule has 2 heterocycles. The van der Waals surface area contributed by atoms with E-state index >= 15 is 0 Å². The van der Waals surface area contributed by atoms with E-state index in [4.69, 9.17) is 0 Å². The normalized spacial score (nSPS) is 25.4. The maximum absolute atomic E-state index is 4.11. The van der Waals surface area contributed by atoms with Crippen molar-refractivity contribution in [3.05, 3.63) is 6.20 Å². The molecule has 1 N–H and O–H groups in total. The van der Waals surface area contributed by atoms with Crippen LogP contribution in [0.4, 0.5) is 5.82 Å². The Kier molecular flexibility index (Phi) is 3.01. The molecule has 0 aromatic carbocycles. The van der Waals surface area contributed by atoms with Gasteiger partial charge >= 0.3 is 0 Å². The zero-order valence-electron chi connectivity index (χ0n) is 10.5. The summed E-state index contributed by atoms with van der Waals surface area (Å²) in [4.78, 5) is 2.62. The Labute approximate surface area is 102 Å². The van der Waals surface area contributed by atoms with Crippen LogP contribution in [0, 0.1) is 0 Å². The van der Waals surface area contributed by atoms with Crippen molar-refractivity contribution in [1.29, 1.82) is 0 Å². The number of hydrogen-bond donors (Lipinski definition) is 1. The molecule has 5 heteroatoms. The van der Waals surface area contributed by atoms with E-state index in [9.17, 15) is 0 Å². The minimum Gasteiger partial charge on any atom is -0.365 e. The van der Waals surface area contributed by atoms with Crippen LogP contribution < -0.4 is 5.32 Å². The fourth-order valence-corrected chi connectivity index (χ4v) is 2.63. The SMILES string of the molecule is CCCn1nncc1NC1CCN(C2CC2)C1. The predicted molar refractivity (Wildman–Crippen MR) is 66.9 cm³/mol. The van der Waals surface area contributed by atoms with E-state index in [1.54, 1.807) is 0 Å². The lowest BCUT2D eigenvalue weighted by atomic mass is 10.2. The van der Waals surface area contributed by atoms with Crippen molar-refractivity contribution in [3.63, 3.8) is 0 Å². The van der Waals surface area contributed by atoms with Crippen LogP contribution in [0.25, 0.3) is 0 Å². The van der Waals surface area contributed by atoms with E-state index < -0.39 is 0 Å². The van der Waals surface area contributed by atoms with Gasteiger partial charge in [0.15, 0.2) is 0 Å². The molecular formula is C12H21N5. The first-order valence-electron chi connectivity index (χ1n) is 6.76. The lowest BCUT2D eigenvalue weighted by Gasteiger charge is -2.16. The third-order valence-electron chi connectivity index (χ3n) is 3.69. The number of nitrogens with zero attached hydrogens (tertiary/aromatic N) is 4. The van der Waals surface area contributed by atoms with Gasteiger partial charge in [0.2, 0.25) is 0 Å². The molecule has 1 aromatic rings. The number of hydrogen-bond acceptors (Lipinski definition) is 4. The van der Waals surface area contributed by atoms with Crippen LogP contribution in [-0.2, 0) is 6.54 Å². The molecular weight excluding hydrogens is 214 g/mol. The van der Waals surface area contributed by atoms with Crippen molar-refractivity contribution in [2.45, 2.75) is 51.2 Å². The molecule has 0 spiro atoms. The Morgan fingerprint density at radius 2 is 2.29 bits per heavy atom. The van der Waals surface area contributed by atoms with Crippen LogP contribution in [0.15, 0.2) is 6.20 Å². The summed E-state index contributed by atoms with van der Waals surface area (Å²) in [5.41, 5.74) is 0. The molecule has 0 radical (unpaired) electrons. The highest BCUT2D eigenvalue weighted by Crippen LogP contribution is 2.30.